The first-order valence-electron chi connectivity index (χ1n) is 16.0. The highest BCUT2D eigenvalue weighted by atomic mass is 32.1. The number of thiophene rings is 1. The summed E-state index contributed by atoms with van der Waals surface area (Å²) in [4.78, 5) is 2.45. The lowest BCUT2D eigenvalue weighted by molar-refractivity contribution is 0.664. The van der Waals surface area contributed by atoms with Crippen LogP contribution in [0.3, 0.4) is 0 Å². The van der Waals surface area contributed by atoms with E-state index in [4.69, 9.17) is 8.83 Å². The van der Waals surface area contributed by atoms with Crippen molar-refractivity contribution < 1.29 is 8.83 Å². The van der Waals surface area contributed by atoms with Gasteiger partial charge in [0, 0.05) is 43.2 Å². The molecule has 1 unspecified atom stereocenters. The Morgan fingerprint density at radius 2 is 1.43 bits per heavy atom. The van der Waals surface area contributed by atoms with Crippen LogP contribution in [0.4, 0.5) is 11.4 Å². The van der Waals surface area contributed by atoms with Crippen molar-refractivity contribution in [3.05, 3.63) is 145 Å². The normalized spacial score (nSPS) is 16.7. The molecule has 5 aromatic carbocycles. The minimum absolute atomic E-state index is 0.374. The van der Waals surface area contributed by atoms with Gasteiger partial charge in [-0.3, -0.25) is 0 Å². The topological polar surface area (TPSA) is 29.5 Å². The minimum atomic E-state index is 0.374. The SMILES string of the molecule is C1=CC(C2C=CC(N(c3cccc4c3sc3ccccc34)c3c4oc5ccccc5c4cc4oc5ccccc5c34)=CC2)=CCC1. The van der Waals surface area contributed by atoms with E-state index in [1.54, 1.807) is 0 Å². The van der Waals surface area contributed by atoms with Gasteiger partial charge < -0.3 is 13.7 Å². The summed E-state index contributed by atoms with van der Waals surface area (Å²) in [5.41, 5.74) is 8.20. The zero-order valence-corrected chi connectivity index (χ0v) is 25.9. The Morgan fingerprint density at radius 3 is 2.26 bits per heavy atom. The second kappa shape index (κ2) is 10.1. The number of benzene rings is 5. The predicted molar refractivity (Wildman–Crippen MR) is 194 cm³/mol. The van der Waals surface area contributed by atoms with Gasteiger partial charge in [-0.05, 0) is 61.2 Å². The lowest BCUT2D eigenvalue weighted by atomic mass is 9.88. The number of nitrogens with zero attached hydrogens (tertiary/aromatic N) is 1. The summed E-state index contributed by atoms with van der Waals surface area (Å²) >= 11 is 1.85. The Kier molecular flexibility index (Phi) is 5.70. The van der Waals surface area contributed by atoms with Crippen LogP contribution in [-0.2, 0) is 0 Å². The molecule has 46 heavy (non-hydrogen) atoms. The molecule has 8 aromatic rings. The van der Waals surface area contributed by atoms with Crippen LogP contribution in [-0.4, -0.2) is 0 Å². The third-order valence-electron chi connectivity index (χ3n) is 9.62. The molecule has 4 heteroatoms. The maximum atomic E-state index is 6.84. The number of hydrogen-bond acceptors (Lipinski definition) is 4. The van der Waals surface area contributed by atoms with Crippen LogP contribution in [0, 0.1) is 5.92 Å². The average Bonchev–Trinajstić information content (AvgIpc) is 3.80. The summed E-state index contributed by atoms with van der Waals surface area (Å²) in [6.07, 6.45) is 17.3. The van der Waals surface area contributed by atoms with Crippen molar-refractivity contribution in [3.8, 4) is 0 Å². The molecule has 3 heterocycles. The quantitative estimate of drug-likeness (QED) is 0.198. The summed E-state index contributed by atoms with van der Waals surface area (Å²) in [6.45, 7) is 0. The first-order chi connectivity index (χ1) is 22.8. The highest BCUT2D eigenvalue weighted by Gasteiger charge is 2.29. The van der Waals surface area contributed by atoms with E-state index in [0.717, 1.165) is 80.2 Å². The van der Waals surface area contributed by atoms with E-state index in [9.17, 15) is 0 Å². The van der Waals surface area contributed by atoms with Crippen molar-refractivity contribution in [2.75, 3.05) is 4.90 Å². The number of fused-ring (bicyclic) bond motifs is 9. The molecule has 0 spiro atoms. The van der Waals surface area contributed by atoms with Gasteiger partial charge in [0.15, 0.2) is 5.58 Å². The molecule has 0 fully saturated rings. The summed E-state index contributed by atoms with van der Waals surface area (Å²) in [5, 5.41) is 6.85. The molecule has 3 nitrogen and oxygen atoms in total. The van der Waals surface area contributed by atoms with Gasteiger partial charge in [-0.2, -0.15) is 0 Å². The predicted octanol–water partition coefficient (Wildman–Crippen LogP) is 12.7. The highest BCUT2D eigenvalue weighted by Crippen LogP contribution is 2.51. The molecule has 0 saturated carbocycles. The lowest BCUT2D eigenvalue weighted by Crippen LogP contribution is -2.18. The summed E-state index contributed by atoms with van der Waals surface area (Å²) in [7, 11) is 0. The molecule has 10 rings (SSSR count). The van der Waals surface area contributed by atoms with Gasteiger partial charge in [-0.1, -0.05) is 97.1 Å². The van der Waals surface area contributed by atoms with Crippen molar-refractivity contribution in [3.63, 3.8) is 0 Å². The fourth-order valence-electron chi connectivity index (χ4n) is 7.48. The van der Waals surface area contributed by atoms with Crippen molar-refractivity contribution in [1.29, 1.82) is 0 Å². The Balaban J connectivity index is 1.31. The molecule has 0 radical (unpaired) electrons. The third-order valence-corrected chi connectivity index (χ3v) is 10.8. The van der Waals surface area contributed by atoms with Crippen molar-refractivity contribution in [2.24, 2.45) is 5.92 Å². The standard InChI is InChI=1S/C42H29NO2S/c1-2-11-26(12-3-1)27-21-23-28(24-22-27)43(34-17-10-16-31-30-14-6-9-20-38(30)46-42(31)34)40-39-32-15-5-8-19-36(32)44-37(39)25-33-29-13-4-7-18-35(29)45-41(33)40/h2,4-21,23-25,27H,1,3,22H2. The fraction of sp³-hybridized carbons (Fsp3) is 0.0952. The van der Waals surface area contributed by atoms with Crippen LogP contribution in [0.2, 0.25) is 0 Å². The van der Waals surface area contributed by atoms with E-state index in [-0.39, 0.29) is 0 Å². The first kappa shape index (κ1) is 26.0. The van der Waals surface area contributed by atoms with E-state index in [1.807, 2.05) is 23.5 Å². The fourth-order valence-corrected chi connectivity index (χ4v) is 8.69. The molecular weight excluding hydrogens is 583 g/mol. The lowest BCUT2D eigenvalue weighted by Gasteiger charge is -2.30. The van der Waals surface area contributed by atoms with E-state index in [0.29, 0.717) is 5.92 Å². The summed E-state index contributed by atoms with van der Waals surface area (Å²) in [5.74, 6) is 0.374. The van der Waals surface area contributed by atoms with Crippen molar-refractivity contribution in [1.82, 2.24) is 0 Å². The monoisotopic (exact) mass is 611 g/mol. The number of rotatable bonds is 4. The molecule has 0 amide bonds. The smallest absolute Gasteiger partial charge is 0.160 e. The Bertz CT molecular complexity index is 2630. The minimum Gasteiger partial charge on any atom is -0.456 e. The Morgan fingerprint density at radius 1 is 0.652 bits per heavy atom. The van der Waals surface area contributed by atoms with E-state index < -0.39 is 0 Å². The van der Waals surface area contributed by atoms with E-state index >= 15 is 0 Å². The first-order valence-corrected chi connectivity index (χ1v) is 16.8. The maximum Gasteiger partial charge on any atom is 0.160 e. The second-order valence-corrected chi connectivity index (χ2v) is 13.3. The van der Waals surface area contributed by atoms with Gasteiger partial charge >= 0.3 is 0 Å². The number of hydrogen-bond donors (Lipinski definition) is 0. The molecular formula is C42H29NO2S. The number of para-hydroxylation sites is 2. The van der Waals surface area contributed by atoms with Crippen LogP contribution in [0.5, 0.6) is 0 Å². The van der Waals surface area contributed by atoms with E-state index in [2.05, 4.69) is 126 Å². The molecule has 2 aliphatic carbocycles. The molecule has 1 atom stereocenters. The average molecular weight is 612 g/mol. The highest BCUT2D eigenvalue weighted by molar-refractivity contribution is 7.26. The van der Waals surface area contributed by atoms with Gasteiger partial charge in [-0.25, -0.2) is 0 Å². The molecule has 0 aliphatic heterocycles. The Labute approximate surface area is 269 Å². The van der Waals surface area contributed by atoms with Crippen LogP contribution >= 0.6 is 11.3 Å². The van der Waals surface area contributed by atoms with Gasteiger partial charge in [0.25, 0.3) is 0 Å². The molecule has 220 valence electrons. The number of furan rings is 2. The molecule has 0 bridgehead atoms. The second-order valence-electron chi connectivity index (χ2n) is 12.3. The molecule has 0 N–H and O–H groups in total. The van der Waals surface area contributed by atoms with Crippen LogP contribution in [0.25, 0.3) is 64.0 Å². The summed E-state index contributed by atoms with van der Waals surface area (Å²) in [6, 6.07) is 34.3. The van der Waals surface area contributed by atoms with Gasteiger partial charge in [0.1, 0.15) is 22.4 Å². The number of allylic oxidation sites excluding steroid dienone is 7. The van der Waals surface area contributed by atoms with Gasteiger partial charge in [-0.15, -0.1) is 11.3 Å². The molecule has 2 aliphatic rings. The van der Waals surface area contributed by atoms with Crippen LogP contribution in [0.1, 0.15) is 19.3 Å². The zero-order valence-electron chi connectivity index (χ0n) is 25.1. The zero-order chi connectivity index (χ0) is 30.2. The van der Waals surface area contributed by atoms with Gasteiger partial charge in [0.2, 0.25) is 0 Å². The van der Waals surface area contributed by atoms with Crippen molar-refractivity contribution in [2.45, 2.75) is 19.3 Å². The van der Waals surface area contributed by atoms with E-state index in [1.165, 1.54) is 25.7 Å². The van der Waals surface area contributed by atoms with Crippen molar-refractivity contribution >= 4 is 86.8 Å². The summed E-state index contributed by atoms with van der Waals surface area (Å²) < 4.78 is 16.0. The van der Waals surface area contributed by atoms with Crippen LogP contribution < -0.4 is 4.90 Å². The van der Waals surface area contributed by atoms with Gasteiger partial charge in [0.05, 0.1) is 15.8 Å². The van der Waals surface area contributed by atoms with Crippen LogP contribution in [0.15, 0.2) is 154 Å². The number of anilines is 2. The molecule has 0 saturated heterocycles. The molecule has 3 aromatic heterocycles. The third kappa shape index (κ3) is 3.83. The largest absolute Gasteiger partial charge is 0.456 e. The maximum absolute atomic E-state index is 6.84. The Hall–Kier alpha value is -5.32.